The molecule has 2 aromatic heterocycles. The van der Waals surface area contributed by atoms with Crippen molar-refractivity contribution in [3.05, 3.63) is 57.5 Å². The zero-order valence-corrected chi connectivity index (χ0v) is 18.8. The summed E-state index contributed by atoms with van der Waals surface area (Å²) in [5, 5.41) is 3.87. The average molecular weight is 425 g/mol. The van der Waals surface area contributed by atoms with Crippen molar-refractivity contribution >= 4 is 28.7 Å². The summed E-state index contributed by atoms with van der Waals surface area (Å²) in [7, 11) is 0. The van der Waals surface area contributed by atoms with Crippen molar-refractivity contribution < 1.29 is 4.79 Å². The Morgan fingerprint density at radius 1 is 1.30 bits per heavy atom. The van der Waals surface area contributed by atoms with E-state index in [1.165, 1.54) is 22.9 Å². The average Bonchev–Trinajstić information content (AvgIpc) is 3.25. The fourth-order valence-corrected chi connectivity index (χ4v) is 4.89. The molecule has 0 saturated carbocycles. The van der Waals surface area contributed by atoms with Crippen molar-refractivity contribution in [2.75, 3.05) is 6.26 Å². The second-order valence-electron chi connectivity index (χ2n) is 8.37. The third-order valence-electron chi connectivity index (χ3n) is 5.68. The molecule has 7 heteroatoms. The van der Waals surface area contributed by atoms with E-state index in [-0.39, 0.29) is 24.1 Å². The van der Waals surface area contributed by atoms with Crippen LogP contribution in [0.2, 0.25) is 0 Å². The molecule has 2 heterocycles. The van der Waals surface area contributed by atoms with Gasteiger partial charge in [-0.15, -0.1) is 0 Å². The third-order valence-corrected chi connectivity index (χ3v) is 6.36. The maximum atomic E-state index is 13.3. The molecule has 4 rings (SSSR count). The highest BCUT2D eigenvalue weighted by Crippen LogP contribution is 2.30. The molecule has 1 aliphatic rings. The van der Waals surface area contributed by atoms with Crippen LogP contribution in [0.15, 0.2) is 40.3 Å². The Morgan fingerprint density at radius 2 is 2.07 bits per heavy atom. The molecule has 30 heavy (non-hydrogen) atoms. The van der Waals surface area contributed by atoms with E-state index in [1.54, 1.807) is 4.57 Å². The van der Waals surface area contributed by atoms with Crippen LogP contribution in [0, 0.1) is 12.8 Å². The highest BCUT2D eigenvalue weighted by atomic mass is 32.2. The molecule has 0 bridgehead atoms. The lowest BCUT2D eigenvalue weighted by Gasteiger charge is -2.16. The number of nitrogens with zero attached hydrogens (tertiary/aromatic N) is 3. The second-order valence-corrected chi connectivity index (χ2v) is 9.14. The minimum atomic E-state index is -0.0824. The number of hydrogen-bond acceptors (Lipinski definition) is 4. The van der Waals surface area contributed by atoms with E-state index in [9.17, 15) is 9.59 Å². The smallest absolute Gasteiger partial charge is 0.278 e. The molecule has 3 aromatic rings. The van der Waals surface area contributed by atoms with Gasteiger partial charge in [0.05, 0.1) is 11.6 Å². The number of hydrogen-bond donors (Lipinski definition) is 1. The zero-order chi connectivity index (χ0) is 21.4. The third kappa shape index (κ3) is 3.78. The van der Waals surface area contributed by atoms with Gasteiger partial charge in [0.2, 0.25) is 5.91 Å². The number of amides is 1. The maximum Gasteiger partial charge on any atom is 0.278 e. The Bertz CT molecular complexity index is 1160. The largest absolute Gasteiger partial charge is 0.348 e. The van der Waals surface area contributed by atoms with Gasteiger partial charge in [0, 0.05) is 12.2 Å². The number of carbonyl (C=O) groups excluding carboxylic acids is 1. The Kier molecular flexibility index (Phi) is 5.73. The standard InChI is InChI=1S/C23H28N4O2S/c1-14(2)12-27-22(29)21-19(25-23(27)30-4)11-15(3)26(21)13-20(28)24-18-10-9-16-7-5-6-8-17(16)18/h5-8,11,14,18H,9-10,12-13H2,1-4H3,(H,24,28)/t18-/m0/s1. The summed E-state index contributed by atoms with van der Waals surface area (Å²) >= 11 is 1.47. The normalized spacial score (nSPS) is 15.7. The van der Waals surface area contributed by atoms with Crippen LogP contribution in [0.3, 0.4) is 0 Å². The van der Waals surface area contributed by atoms with Gasteiger partial charge in [0.25, 0.3) is 5.56 Å². The molecule has 6 nitrogen and oxygen atoms in total. The van der Waals surface area contributed by atoms with Crippen molar-refractivity contribution in [1.82, 2.24) is 19.4 Å². The summed E-state index contributed by atoms with van der Waals surface area (Å²) in [4.78, 5) is 30.9. The van der Waals surface area contributed by atoms with Crippen LogP contribution < -0.4 is 10.9 Å². The Balaban J connectivity index is 1.65. The minimum Gasteiger partial charge on any atom is -0.348 e. The number of aromatic nitrogens is 3. The first kappa shape index (κ1) is 20.7. The van der Waals surface area contributed by atoms with Crippen LogP contribution in [0.5, 0.6) is 0 Å². The van der Waals surface area contributed by atoms with Crippen LogP contribution >= 0.6 is 11.8 Å². The van der Waals surface area contributed by atoms with Crippen molar-refractivity contribution in [1.29, 1.82) is 0 Å². The van der Waals surface area contributed by atoms with Crippen LogP contribution in [-0.2, 0) is 24.3 Å². The Labute approximate surface area is 180 Å². The van der Waals surface area contributed by atoms with Gasteiger partial charge < -0.3 is 9.88 Å². The lowest BCUT2D eigenvalue weighted by atomic mass is 10.1. The summed E-state index contributed by atoms with van der Waals surface area (Å²) in [5.41, 5.74) is 4.45. The first-order chi connectivity index (χ1) is 14.4. The summed E-state index contributed by atoms with van der Waals surface area (Å²) in [5.74, 6) is 0.240. The second kappa shape index (κ2) is 8.30. The van der Waals surface area contributed by atoms with Crippen molar-refractivity contribution in [2.45, 2.75) is 57.9 Å². The van der Waals surface area contributed by atoms with Crippen LogP contribution in [-0.4, -0.2) is 26.3 Å². The van der Waals surface area contributed by atoms with Gasteiger partial charge in [-0.1, -0.05) is 49.9 Å². The Hall–Kier alpha value is -2.54. The van der Waals surface area contributed by atoms with Gasteiger partial charge >= 0.3 is 0 Å². The molecule has 0 unspecified atom stereocenters. The first-order valence-corrected chi connectivity index (χ1v) is 11.6. The number of carbonyl (C=O) groups is 1. The monoisotopic (exact) mass is 424 g/mol. The van der Waals surface area contributed by atoms with Gasteiger partial charge in [-0.2, -0.15) is 0 Å². The van der Waals surface area contributed by atoms with Crippen molar-refractivity contribution in [3.8, 4) is 0 Å². The molecular formula is C23H28N4O2S. The quantitative estimate of drug-likeness (QED) is 0.484. The zero-order valence-electron chi connectivity index (χ0n) is 17.9. The summed E-state index contributed by atoms with van der Waals surface area (Å²) in [6, 6.07) is 10.2. The lowest BCUT2D eigenvalue weighted by molar-refractivity contribution is -0.122. The van der Waals surface area contributed by atoms with E-state index in [0.717, 1.165) is 18.5 Å². The van der Waals surface area contributed by atoms with E-state index < -0.39 is 0 Å². The molecule has 0 aliphatic heterocycles. The maximum absolute atomic E-state index is 13.3. The molecule has 0 fully saturated rings. The topological polar surface area (TPSA) is 68.9 Å². The highest BCUT2D eigenvalue weighted by molar-refractivity contribution is 7.98. The summed E-state index contributed by atoms with van der Waals surface area (Å²) in [6.07, 6.45) is 3.82. The van der Waals surface area contributed by atoms with Crippen LogP contribution in [0.25, 0.3) is 11.0 Å². The number of fused-ring (bicyclic) bond motifs is 2. The van der Waals surface area contributed by atoms with Gasteiger partial charge in [-0.25, -0.2) is 4.98 Å². The molecule has 0 saturated heterocycles. The van der Waals surface area contributed by atoms with Gasteiger partial charge in [0.1, 0.15) is 12.1 Å². The van der Waals surface area contributed by atoms with E-state index in [4.69, 9.17) is 4.98 Å². The van der Waals surface area contributed by atoms with E-state index >= 15 is 0 Å². The number of benzene rings is 1. The highest BCUT2D eigenvalue weighted by Gasteiger charge is 2.24. The van der Waals surface area contributed by atoms with Crippen LogP contribution in [0.1, 0.15) is 43.1 Å². The SMILES string of the molecule is CSc1nc2cc(C)n(CC(=O)N[C@H]3CCc4ccccc43)c2c(=O)n1CC(C)C. The number of nitrogens with one attached hydrogen (secondary N) is 1. The van der Waals surface area contributed by atoms with Crippen LogP contribution in [0.4, 0.5) is 0 Å². The number of rotatable bonds is 6. The van der Waals surface area contributed by atoms with Gasteiger partial charge in [0.15, 0.2) is 5.16 Å². The summed E-state index contributed by atoms with van der Waals surface area (Å²) in [6.45, 7) is 6.80. The molecule has 0 radical (unpaired) electrons. The van der Waals surface area contributed by atoms with Crippen molar-refractivity contribution in [2.24, 2.45) is 5.92 Å². The molecular weight excluding hydrogens is 396 g/mol. The fraction of sp³-hybridized carbons (Fsp3) is 0.435. The van der Waals surface area contributed by atoms with E-state index in [2.05, 4.69) is 31.3 Å². The van der Waals surface area contributed by atoms with Gasteiger partial charge in [-0.3, -0.25) is 14.2 Å². The molecule has 1 aliphatic carbocycles. The Morgan fingerprint density at radius 3 is 2.80 bits per heavy atom. The lowest BCUT2D eigenvalue weighted by Crippen LogP contribution is -2.32. The first-order valence-electron chi connectivity index (χ1n) is 10.4. The molecule has 1 atom stereocenters. The molecule has 0 spiro atoms. The predicted octanol–water partition coefficient (Wildman–Crippen LogP) is 3.69. The predicted molar refractivity (Wildman–Crippen MR) is 121 cm³/mol. The van der Waals surface area contributed by atoms with E-state index in [0.29, 0.717) is 28.7 Å². The summed E-state index contributed by atoms with van der Waals surface area (Å²) < 4.78 is 3.54. The van der Waals surface area contributed by atoms with Gasteiger partial charge in [-0.05, 0) is 49.1 Å². The van der Waals surface area contributed by atoms with E-state index in [1.807, 2.05) is 35.9 Å². The number of thioether (sulfide) groups is 1. The molecule has 1 aromatic carbocycles. The van der Waals surface area contributed by atoms with Crippen molar-refractivity contribution in [3.63, 3.8) is 0 Å². The molecule has 1 amide bonds. The molecule has 1 N–H and O–H groups in total. The molecule has 158 valence electrons. The minimum absolute atomic E-state index is 0.0367. The fourth-order valence-electron chi connectivity index (χ4n) is 4.32. The number of aryl methyl sites for hydroxylation is 2.